The number of hydrogen-bond donors (Lipinski definition) is 2. The quantitative estimate of drug-likeness (QED) is 0.653. The Kier molecular flexibility index (Phi) is 5.08. The van der Waals surface area contributed by atoms with Crippen LogP contribution in [0.25, 0.3) is 0 Å². The van der Waals surface area contributed by atoms with Crippen LogP contribution >= 0.6 is 22.7 Å². The summed E-state index contributed by atoms with van der Waals surface area (Å²) in [5.74, 6) is 0.0328. The molecule has 2 heterocycles. The Morgan fingerprint density at radius 1 is 1.04 bits per heavy atom. The van der Waals surface area contributed by atoms with Gasteiger partial charge in [-0.3, -0.25) is 4.79 Å². The summed E-state index contributed by atoms with van der Waals surface area (Å²) < 4.78 is 0. The Balaban J connectivity index is 1.55. The van der Waals surface area contributed by atoms with Gasteiger partial charge in [-0.05, 0) is 48.2 Å². The van der Waals surface area contributed by atoms with Crippen LogP contribution in [0.4, 0.5) is 10.5 Å². The van der Waals surface area contributed by atoms with Gasteiger partial charge in [-0.25, -0.2) is 4.79 Å². The van der Waals surface area contributed by atoms with Crippen molar-refractivity contribution in [2.75, 3.05) is 5.32 Å². The smallest absolute Gasteiger partial charge is 0.319 e. The van der Waals surface area contributed by atoms with Gasteiger partial charge in [0.2, 0.25) is 5.78 Å². The SMILES string of the molecule is Cc1cccc(NC(=O)NCc2ccc(C(=O)c3cccs3)s2)c1. The van der Waals surface area contributed by atoms with E-state index in [2.05, 4.69) is 10.6 Å². The number of hydrogen-bond acceptors (Lipinski definition) is 4. The first-order valence-corrected chi connectivity index (χ1v) is 9.10. The highest BCUT2D eigenvalue weighted by atomic mass is 32.1. The summed E-state index contributed by atoms with van der Waals surface area (Å²) in [6, 6.07) is 14.7. The zero-order chi connectivity index (χ0) is 16.9. The summed E-state index contributed by atoms with van der Waals surface area (Å²) in [5.41, 5.74) is 1.84. The number of carbonyl (C=O) groups is 2. The molecule has 0 aliphatic heterocycles. The minimum absolute atomic E-state index is 0.0328. The maximum Gasteiger partial charge on any atom is 0.319 e. The number of carbonyl (C=O) groups excluding carboxylic acids is 2. The number of nitrogens with one attached hydrogen (secondary N) is 2. The lowest BCUT2D eigenvalue weighted by atomic mass is 10.2. The van der Waals surface area contributed by atoms with E-state index in [0.29, 0.717) is 11.4 Å². The normalized spacial score (nSPS) is 10.4. The molecule has 0 fully saturated rings. The lowest BCUT2D eigenvalue weighted by molar-refractivity contribution is 0.104. The summed E-state index contributed by atoms with van der Waals surface area (Å²) in [7, 11) is 0. The predicted molar refractivity (Wildman–Crippen MR) is 99.1 cm³/mol. The van der Waals surface area contributed by atoms with E-state index >= 15 is 0 Å². The molecule has 0 aliphatic carbocycles. The second-order valence-electron chi connectivity index (χ2n) is 5.25. The number of anilines is 1. The third-order valence-electron chi connectivity index (χ3n) is 3.33. The summed E-state index contributed by atoms with van der Waals surface area (Å²) in [4.78, 5) is 26.6. The molecular formula is C18H16N2O2S2. The van der Waals surface area contributed by atoms with Crippen LogP contribution in [0.2, 0.25) is 0 Å². The van der Waals surface area contributed by atoms with Crippen LogP contribution in [0, 0.1) is 6.92 Å². The van der Waals surface area contributed by atoms with Gasteiger partial charge in [-0.1, -0.05) is 18.2 Å². The van der Waals surface area contributed by atoms with Gasteiger partial charge in [0.15, 0.2) is 0 Å². The minimum Gasteiger partial charge on any atom is -0.333 e. The van der Waals surface area contributed by atoms with Gasteiger partial charge in [0.05, 0.1) is 16.3 Å². The molecule has 0 saturated heterocycles. The number of urea groups is 1. The molecule has 0 saturated carbocycles. The number of benzene rings is 1. The maximum atomic E-state index is 12.3. The van der Waals surface area contributed by atoms with Crippen LogP contribution in [-0.4, -0.2) is 11.8 Å². The van der Waals surface area contributed by atoms with E-state index in [1.165, 1.54) is 22.7 Å². The molecule has 4 nitrogen and oxygen atoms in total. The highest BCUT2D eigenvalue weighted by molar-refractivity contribution is 7.16. The number of amides is 2. The van der Waals surface area contributed by atoms with Gasteiger partial charge in [-0.15, -0.1) is 22.7 Å². The van der Waals surface area contributed by atoms with Crippen molar-refractivity contribution >= 4 is 40.2 Å². The second kappa shape index (κ2) is 7.42. The van der Waals surface area contributed by atoms with E-state index in [0.717, 1.165) is 21.0 Å². The molecule has 0 unspecified atom stereocenters. The lowest BCUT2D eigenvalue weighted by Crippen LogP contribution is -2.27. The first-order chi connectivity index (χ1) is 11.6. The van der Waals surface area contributed by atoms with Crippen molar-refractivity contribution in [1.82, 2.24) is 5.32 Å². The number of ketones is 1. The van der Waals surface area contributed by atoms with Crippen LogP contribution in [0.5, 0.6) is 0 Å². The molecule has 0 atom stereocenters. The van der Waals surface area contributed by atoms with Crippen molar-refractivity contribution in [2.45, 2.75) is 13.5 Å². The molecule has 2 aromatic heterocycles. The maximum absolute atomic E-state index is 12.3. The summed E-state index contributed by atoms with van der Waals surface area (Å²) in [6.07, 6.45) is 0. The van der Waals surface area contributed by atoms with Crippen molar-refractivity contribution in [3.63, 3.8) is 0 Å². The molecular weight excluding hydrogens is 340 g/mol. The third-order valence-corrected chi connectivity index (χ3v) is 5.28. The summed E-state index contributed by atoms with van der Waals surface area (Å²) >= 11 is 2.84. The van der Waals surface area contributed by atoms with Crippen LogP contribution in [0.1, 0.15) is 25.0 Å². The molecule has 2 amide bonds. The number of thiophene rings is 2. The van der Waals surface area contributed by atoms with E-state index in [1.54, 1.807) is 0 Å². The van der Waals surface area contributed by atoms with Gasteiger partial charge in [-0.2, -0.15) is 0 Å². The average Bonchev–Trinajstić information content (AvgIpc) is 3.24. The largest absolute Gasteiger partial charge is 0.333 e. The number of aryl methyl sites for hydroxylation is 1. The third kappa shape index (κ3) is 4.10. The monoisotopic (exact) mass is 356 g/mol. The van der Waals surface area contributed by atoms with Crippen LogP contribution < -0.4 is 10.6 Å². The molecule has 3 aromatic rings. The fourth-order valence-corrected chi connectivity index (χ4v) is 3.83. The van der Waals surface area contributed by atoms with Crippen molar-refractivity contribution in [3.05, 3.63) is 74.1 Å². The highest BCUT2D eigenvalue weighted by Gasteiger charge is 2.13. The molecule has 122 valence electrons. The molecule has 0 bridgehead atoms. The lowest BCUT2D eigenvalue weighted by Gasteiger charge is -2.07. The van der Waals surface area contributed by atoms with Crippen LogP contribution in [0.15, 0.2) is 53.9 Å². The van der Waals surface area contributed by atoms with E-state index in [9.17, 15) is 9.59 Å². The van der Waals surface area contributed by atoms with Crippen molar-refractivity contribution in [3.8, 4) is 0 Å². The van der Waals surface area contributed by atoms with E-state index in [4.69, 9.17) is 0 Å². The van der Waals surface area contributed by atoms with Gasteiger partial charge >= 0.3 is 6.03 Å². The number of rotatable bonds is 5. The molecule has 0 spiro atoms. The highest BCUT2D eigenvalue weighted by Crippen LogP contribution is 2.22. The van der Waals surface area contributed by atoms with Crippen LogP contribution in [-0.2, 0) is 6.54 Å². The Bertz CT molecular complexity index is 854. The van der Waals surface area contributed by atoms with E-state index in [-0.39, 0.29) is 11.8 Å². The topological polar surface area (TPSA) is 58.2 Å². The fraction of sp³-hybridized carbons (Fsp3) is 0.111. The van der Waals surface area contributed by atoms with Crippen molar-refractivity contribution in [2.24, 2.45) is 0 Å². The predicted octanol–water partition coefficient (Wildman–Crippen LogP) is 4.67. The van der Waals surface area contributed by atoms with Crippen LogP contribution in [0.3, 0.4) is 0 Å². The van der Waals surface area contributed by atoms with Gasteiger partial charge in [0.1, 0.15) is 0 Å². The second-order valence-corrected chi connectivity index (χ2v) is 7.37. The van der Waals surface area contributed by atoms with Gasteiger partial charge < -0.3 is 10.6 Å². The Morgan fingerprint density at radius 3 is 2.67 bits per heavy atom. The molecule has 6 heteroatoms. The molecule has 3 rings (SSSR count). The van der Waals surface area contributed by atoms with Gasteiger partial charge in [0, 0.05) is 10.6 Å². The van der Waals surface area contributed by atoms with E-state index in [1.807, 2.05) is 60.8 Å². The first kappa shape index (κ1) is 16.4. The zero-order valence-corrected chi connectivity index (χ0v) is 14.7. The Labute approximate surface area is 148 Å². The van der Waals surface area contributed by atoms with Crippen molar-refractivity contribution < 1.29 is 9.59 Å². The van der Waals surface area contributed by atoms with E-state index < -0.39 is 0 Å². The molecule has 1 aromatic carbocycles. The summed E-state index contributed by atoms with van der Waals surface area (Å²) in [6.45, 7) is 2.36. The molecule has 0 radical (unpaired) electrons. The van der Waals surface area contributed by atoms with Gasteiger partial charge in [0.25, 0.3) is 0 Å². The molecule has 0 aliphatic rings. The summed E-state index contributed by atoms with van der Waals surface area (Å²) in [5, 5.41) is 7.49. The standard InChI is InChI=1S/C18H16N2O2S2/c1-12-4-2-5-13(10-12)20-18(22)19-11-14-7-8-16(24-14)17(21)15-6-3-9-23-15/h2-10H,11H2,1H3,(H2,19,20,22). The minimum atomic E-state index is -0.264. The molecule has 2 N–H and O–H groups in total. The zero-order valence-electron chi connectivity index (χ0n) is 13.0. The average molecular weight is 356 g/mol. The Morgan fingerprint density at radius 2 is 1.92 bits per heavy atom. The molecule has 24 heavy (non-hydrogen) atoms. The first-order valence-electron chi connectivity index (χ1n) is 7.40. The Hall–Kier alpha value is -2.44. The van der Waals surface area contributed by atoms with Crippen molar-refractivity contribution in [1.29, 1.82) is 0 Å². The fourth-order valence-electron chi connectivity index (χ4n) is 2.19.